The Morgan fingerprint density at radius 1 is 1.18 bits per heavy atom. The maximum atomic E-state index is 12.0. The number of methoxy groups -OCH3 is 1. The van der Waals surface area contributed by atoms with Gasteiger partial charge in [0.15, 0.2) is 6.61 Å². The number of carbonyl (C=O) groups is 1. The number of carbonyl (C=O) groups excluding carboxylic acids is 1. The van der Waals surface area contributed by atoms with E-state index >= 15 is 0 Å². The highest BCUT2D eigenvalue weighted by Crippen LogP contribution is 2.29. The molecule has 2 aromatic carbocycles. The molecule has 0 aliphatic heterocycles. The lowest BCUT2D eigenvalue weighted by atomic mass is 10.0. The van der Waals surface area contributed by atoms with Crippen molar-refractivity contribution in [3.63, 3.8) is 0 Å². The van der Waals surface area contributed by atoms with E-state index in [0.29, 0.717) is 16.7 Å². The van der Waals surface area contributed by atoms with Crippen LogP contribution in [0.25, 0.3) is 21.7 Å². The van der Waals surface area contributed by atoms with E-state index in [0.717, 1.165) is 16.3 Å². The third-order valence-electron chi connectivity index (χ3n) is 3.48. The number of esters is 1. The molecule has 112 valence electrons. The minimum Gasteiger partial charge on any atom is -0.482 e. The Morgan fingerprint density at radius 2 is 1.91 bits per heavy atom. The Balaban J connectivity index is 2.17. The fraction of sp³-hybridized carbons (Fsp3) is 0.176. The lowest BCUT2D eigenvalue weighted by Gasteiger charge is -2.09. The summed E-state index contributed by atoms with van der Waals surface area (Å²) in [5.41, 5.74) is 0.938. The first-order chi connectivity index (χ1) is 10.6. The van der Waals surface area contributed by atoms with Gasteiger partial charge in [-0.05, 0) is 24.6 Å². The van der Waals surface area contributed by atoms with Crippen LogP contribution >= 0.6 is 0 Å². The molecule has 0 atom stereocenters. The molecule has 0 saturated carbocycles. The van der Waals surface area contributed by atoms with Crippen molar-refractivity contribution >= 4 is 27.7 Å². The fourth-order valence-electron chi connectivity index (χ4n) is 2.47. The second kappa shape index (κ2) is 5.52. The molecule has 0 N–H and O–H groups in total. The van der Waals surface area contributed by atoms with Crippen LogP contribution in [0.2, 0.25) is 0 Å². The number of hydrogen-bond acceptors (Lipinski definition) is 5. The number of benzene rings is 2. The summed E-state index contributed by atoms with van der Waals surface area (Å²) in [6, 6.07) is 10.7. The van der Waals surface area contributed by atoms with Gasteiger partial charge in [-0.15, -0.1) is 0 Å². The average molecular weight is 298 g/mol. The van der Waals surface area contributed by atoms with Crippen LogP contribution in [-0.4, -0.2) is 19.7 Å². The first-order valence-corrected chi connectivity index (χ1v) is 6.76. The smallest absolute Gasteiger partial charge is 0.344 e. The fourth-order valence-corrected chi connectivity index (χ4v) is 2.47. The zero-order chi connectivity index (χ0) is 15.7. The first kappa shape index (κ1) is 14.1. The first-order valence-electron chi connectivity index (χ1n) is 6.76. The molecule has 0 aliphatic rings. The Kier molecular flexibility index (Phi) is 3.55. The summed E-state index contributed by atoms with van der Waals surface area (Å²) in [5.74, 6) is -0.0217. The van der Waals surface area contributed by atoms with Crippen LogP contribution in [0.4, 0.5) is 0 Å². The van der Waals surface area contributed by atoms with Gasteiger partial charge in [0, 0.05) is 16.8 Å². The van der Waals surface area contributed by atoms with E-state index in [2.05, 4.69) is 4.74 Å². The Bertz CT molecular complexity index is 923. The number of aryl methyl sites for hydroxylation is 1. The van der Waals surface area contributed by atoms with Gasteiger partial charge < -0.3 is 13.9 Å². The minimum absolute atomic E-state index is 0.195. The van der Waals surface area contributed by atoms with Gasteiger partial charge in [-0.3, -0.25) is 0 Å². The summed E-state index contributed by atoms with van der Waals surface area (Å²) >= 11 is 0. The summed E-state index contributed by atoms with van der Waals surface area (Å²) in [4.78, 5) is 23.2. The molecule has 0 aliphatic carbocycles. The predicted molar refractivity (Wildman–Crippen MR) is 82.2 cm³/mol. The van der Waals surface area contributed by atoms with Crippen LogP contribution in [0.5, 0.6) is 5.75 Å². The van der Waals surface area contributed by atoms with Crippen LogP contribution in [0.3, 0.4) is 0 Å². The number of fused-ring (bicyclic) bond motifs is 3. The lowest BCUT2D eigenvalue weighted by molar-refractivity contribution is -0.142. The largest absolute Gasteiger partial charge is 0.482 e. The third-order valence-corrected chi connectivity index (χ3v) is 3.48. The Labute approximate surface area is 126 Å². The number of rotatable bonds is 3. The van der Waals surface area contributed by atoms with Crippen molar-refractivity contribution < 1.29 is 18.7 Å². The molecular formula is C17H14O5. The maximum absolute atomic E-state index is 12.0. The van der Waals surface area contributed by atoms with Crippen molar-refractivity contribution in [3.8, 4) is 5.75 Å². The van der Waals surface area contributed by atoms with E-state index in [1.54, 1.807) is 24.3 Å². The van der Waals surface area contributed by atoms with Crippen molar-refractivity contribution in [3.05, 3.63) is 52.4 Å². The van der Waals surface area contributed by atoms with Gasteiger partial charge in [0.2, 0.25) is 0 Å². The van der Waals surface area contributed by atoms with E-state index in [1.165, 1.54) is 7.11 Å². The van der Waals surface area contributed by atoms with Gasteiger partial charge in [0.1, 0.15) is 11.3 Å². The van der Waals surface area contributed by atoms with E-state index in [1.807, 2.05) is 19.1 Å². The van der Waals surface area contributed by atoms with E-state index in [-0.39, 0.29) is 6.61 Å². The van der Waals surface area contributed by atoms with Crippen LogP contribution in [0.15, 0.2) is 45.6 Å². The summed E-state index contributed by atoms with van der Waals surface area (Å²) < 4.78 is 15.3. The van der Waals surface area contributed by atoms with Gasteiger partial charge in [-0.1, -0.05) is 18.2 Å². The summed E-state index contributed by atoms with van der Waals surface area (Å²) in [6.45, 7) is 1.71. The van der Waals surface area contributed by atoms with Crippen LogP contribution in [0.1, 0.15) is 5.56 Å². The highest BCUT2D eigenvalue weighted by molar-refractivity contribution is 6.06. The number of ether oxygens (including phenoxy) is 2. The monoisotopic (exact) mass is 298 g/mol. The van der Waals surface area contributed by atoms with E-state index in [4.69, 9.17) is 9.15 Å². The molecule has 0 fully saturated rings. The Hall–Kier alpha value is -2.82. The highest BCUT2D eigenvalue weighted by Gasteiger charge is 2.11. The topological polar surface area (TPSA) is 65.7 Å². The zero-order valence-corrected chi connectivity index (χ0v) is 12.2. The maximum Gasteiger partial charge on any atom is 0.344 e. The van der Waals surface area contributed by atoms with Gasteiger partial charge in [-0.2, -0.15) is 0 Å². The van der Waals surface area contributed by atoms with Gasteiger partial charge in [-0.25, -0.2) is 9.59 Å². The summed E-state index contributed by atoms with van der Waals surface area (Å²) in [6.07, 6.45) is 0. The normalized spacial score (nSPS) is 10.8. The highest BCUT2D eigenvalue weighted by atomic mass is 16.6. The molecular weight excluding hydrogens is 284 g/mol. The molecule has 0 saturated heterocycles. The Morgan fingerprint density at radius 3 is 2.64 bits per heavy atom. The van der Waals surface area contributed by atoms with Crippen molar-refractivity contribution in [1.29, 1.82) is 0 Å². The van der Waals surface area contributed by atoms with Gasteiger partial charge in [0.25, 0.3) is 0 Å². The molecule has 22 heavy (non-hydrogen) atoms. The van der Waals surface area contributed by atoms with Gasteiger partial charge >= 0.3 is 11.6 Å². The molecule has 0 amide bonds. The second-order valence-electron chi connectivity index (χ2n) is 4.91. The standard InChI is InChI=1S/C17H14O5/c1-10-7-11(21-9-15(18)20-2)8-14-16(10)12-5-3-4-6-13(12)17(19)22-14/h3-8H,9H2,1-2H3. The SMILES string of the molecule is COC(=O)COc1cc(C)c2c(c1)oc(=O)c1ccccc12. The molecule has 1 aromatic heterocycles. The third kappa shape index (κ3) is 2.41. The predicted octanol–water partition coefficient (Wildman–Crippen LogP) is 2.81. The van der Waals surface area contributed by atoms with Gasteiger partial charge in [0.05, 0.1) is 12.5 Å². The second-order valence-corrected chi connectivity index (χ2v) is 4.91. The molecule has 5 nitrogen and oxygen atoms in total. The molecule has 0 unspecified atom stereocenters. The van der Waals surface area contributed by atoms with E-state index < -0.39 is 11.6 Å². The van der Waals surface area contributed by atoms with Crippen molar-refractivity contribution in [2.45, 2.75) is 6.92 Å². The molecule has 3 aromatic rings. The number of hydrogen-bond donors (Lipinski definition) is 0. The van der Waals surface area contributed by atoms with E-state index in [9.17, 15) is 9.59 Å². The summed E-state index contributed by atoms with van der Waals surface area (Å²) in [7, 11) is 1.29. The minimum atomic E-state index is -0.474. The van der Waals surface area contributed by atoms with Crippen LogP contribution in [0, 0.1) is 6.92 Å². The average Bonchev–Trinajstić information content (AvgIpc) is 2.52. The zero-order valence-electron chi connectivity index (χ0n) is 12.2. The van der Waals surface area contributed by atoms with Crippen molar-refractivity contribution in [2.24, 2.45) is 0 Å². The molecule has 3 rings (SSSR count). The van der Waals surface area contributed by atoms with Crippen molar-refractivity contribution in [2.75, 3.05) is 13.7 Å². The molecule has 0 bridgehead atoms. The molecule has 0 radical (unpaired) electrons. The summed E-state index contributed by atoms with van der Waals surface area (Å²) in [5, 5.41) is 2.24. The molecule has 0 spiro atoms. The quantitative estimate of drug-likeness (QED) is 0.422. The van der Waals surface area contributed by atoms with Crippen LogP contribution < -0.4 is 10.4 Å². The van der Waals surface area contributed by atoms with Crippen LogP contribution in [-0.2, 0) is 9.53 Å². The lowest BCUT2D eigenvalue weighted by Crippen LogP contribution is -2.12. The molecule has 5 heteroatoms. The van der Waals surface area contributed by atoms with Crippen molar-refractivity contribution in [1.82, 2.24) is 0 Å². The molecule has 1 heterocycles.